The summed E-state index contributed by atoms with van der Waals surface area (Å²) in [7, 11) is -3.07. The predicted molar refractivity (Wildman–Crippen MR) is 102 cm³/mol. The Hall–Kier alpha value is -1.79. The summed E-state index contributed by atoms with van der Waals surface area (Å²) in [5.74, 6) is 0.629. The molecule has 0 spiro atoms. The summed E-state index contributed by atoms with van der Waals surface area (Å²) in [4.78, 5) is 14.6. The van der Waals surface area contributed by atoms with Gasteiger partial charge in [-0.2, -0.15) is 0 Å². The van der Waals surface area contributed by atoms with Gasteiger partial charge in [0, 0.05) is 18.2 Å². The molecule has 1 atom stereocenters. The fourth-order valence-electron chi connectivity index (χ4n) is 3.20. The maximum Gasteiger partial charge on any atom is 0.289 e. The predicted octanol–water partition coefficient (Wildman–Crippen LogP) is 4.03. The van der Waals surface area contributed by atoms with Crippen LogP contribution in [-0.2, 0) is 9.84 Å². The number of benzene rings is 1. The zero-order valence-electron chi connectivity index (χ0n) is 14.7. The van der Waals surface area contributed by atoms with Crippen LogP contribution in [0.15, 0.2) is 40.8 Å². The Morgan fingerprint density at radius 3 is 2.69 bits per heavy atom. The lowest BCUT2D eigenvalue weighted by molar-refractivity contribution is 0.0662. The van der Waals surface area contributed by atoms with E-state index >= 15 is 0 Å². The number of furan rings is 1. The number of unbranched alkanes of at least 4 members (excludes halogenated alkanes) is 1. The topological polar surface area (TPSA) is 67.6 Å². The van der Waals surface area contributed by atoms with Crippen molar-refractivity contribution < 1.29 is 17.6 Å². The lowest BCUT2D eigenvalue weighted by atomic mass is 10.1. The Labute approximate surface area is 158 Å². The maximum atomic E-state index is 13.0. The van der Waals surface area contributed by atoms with Gasteiger partial charge in [0.25, 0.3) is 5.91 Å². The maximum absolute atomic E-state index is 13.0. The molecule has 1 amide bonds. The molecule has 0 aliphatic carbocycles. The van der Waals surface area contributed by atoms with Crippen LogP contribution in [-0.4, -0.2) is 43.3 Å². The van der Waals surface area contributed by atoms with Crippen LogP contribution >= 0.6 is 11.6 Å². The van der Waals surface area contributed by atoms with E-state index in [0.717, 1.165) is 18.4 Å². The SMILES string of the molecule is CCCCN(C(=O)c1ccc(-c2ccccc2Cl)o1)[C@@H]1CCS(=O)(=O)C1. The summed E-state index contributed by atoms with van der Waals surface area (Å²) in [5, 5.41) is 0.547. The smallest absolute Gasteiger partial charge is 0.289 e. The molecule has 140 valence electrons. The molecule has 1 aliphatic rings. The van der Waals surface area contributed by atoms with Gasteiger partial charge in [-0.15, -0.1) is 0 Å². The number of amides is 1. The number of hydrogen-bond acceptors (Lipinski definition) is 4. The van der Waals surface area contributed by atoms with Crippen molar-refractivity contribution in [2.75, 3.05) is 18.1 Å². The average Bonchev–Trinajstić information content (AvgIpc) is 3.22. The minimum absolute atomic E-state index is 0.0283. The number of carbonyl (C=O) groups excluding carboxylic acids is 1. The number of hydrogen-bond donors (Lipinski definition) is 0. The average molecular weight is 396 g/mol. The van der Waals surface area contributed by atoms with E-state index in [4.69, 9.17) is 16.0 Å². The molecule has 2 aromatic rings. The number of rotatable bonds is 6. The summed E-state index contributed by atoms with van der Waals surface area (Å²) >= 11 is 6.19. The normalized spacial score (nSPS) is 18.8. The first-order valence-corrected chi connectivity index (χ1v) is 11.0. The van der Waals surface area contributed by atoms with E-state index in [0.29, 0.717) is 23.7 Å². The number of nitrogens with zero attached hydrogens (tertiary/aromatic N) is 1. The second kappa shape index (κ2) is 7.84. The summed E-state index contributed by atoms with van der Waals surface area (Å²) in [5.41, 5.74) is 0.719. The molecule has 3 rings (SSSR count). The third-order valence-corrected chi connectivity index (χ3v) is 6.70. The molecule has 1 aliphatic heterocycles. The van der Waals surface area contributed by atoms with Crippen LogP contribution in [0.5, 0.6) is 0 Å². The fraction of sp³-hybridized carbons (Fsp3) is 0.421. The summed E-state index contributed by atoms with van der Waals surface area (Å²) in [6, 6.07) is 10.3. The van der Waals surface area contributed by atoms with E-state index in [1.807, 2.05) is 25.1 Å². The van der Waals surface area contributed by atoms with Crippen molar-refractivity contribution in [1.29, 1.82) is 0 Å². The van der Waals surface area contributed by atoms with Crippen molar-refractivity contribution in [1.82, 2.24) is 4.90 Å². The Kier molecular flexibility index (Phi) is 5.73. The molecule has 1 fully saturated rings. The second-order valence-corrected chi connectivity index (χ2v) is 9.19. The summed E-state index contributed by atoms with van der Waals surface area (Å²) in [6.45, 7) is 2.56. The van der Waals surface area contributed by atoms with Gasteiger partial charge in [-0.25, -0.2) is 8.42 Å². The van der Waals surface area contributed by atoms with Gasteiger partial charge < -0.3 is 9.32 Å². The summed E-state index contributed by atoms with van der Waals surface area (Å²) in [6.07, 6.45) is 2.22. The van der Waals surface area contributed by atoms with Gasteiger partial charge >= 0.3 is 0 Å². The quantitative estimate of drug-likeness (QED) is 0.740. The molecular formula is C19H22ClNO4S. The molecule has 2 heterocycles. The standard InChI is InChI=1S/C19H22ClNO4S/c1-2-3-11-21(14-10-12-26(23,24)13-14)19(22)18-9-8-17(25-18)15-6-4-5-7-16(15)20/h4-9,14H,2-3,10-13H2,1H3/t14-/m1/s1. The first-order chi connectivity index (χ1) is 12.4. The molecule has 0 N–H and O–H groups in total. The number of carbonyl (C=O) groups is 1. The highest BCUT2D eigenvalue weighted by atomic mass is 35.5. The van der Waals surface area contributed by atoms with Crippen LogP contribution in [0.1, 0.15) is 36.7 Å². The monoisotopic (exact) mass is 395 g/mol. The first kappa shape index (κ1) is 19.0. The zero-order chi connectivity index (χ0) is 18.7. The molecule has 0 unspecified atom stereocenters. The Morgan fingerprint density at radius 2 is 2.04 bits per heavy atom. The van der Waals surface area contributed by atoms with Crippen LogP contribution < -0.4 is 0 Å². The van der Waals surface area contributed by atoms with E-state index < -0.39 is 9.84 Å². The molecule has 1 aromatic heterocycles. The van der Waals surface area contributed by atoms with Gasteiger partial charge in [0.05, 0.1) is 16.5 Å². The molecule has 0 saturated carbocycles. The van der Waals surface area contributed by atoms with E-state index in [2.05, 4.69) is 0 Å². The Balaban J connectivity index is 1.84. The van der Waals surface area contributed by atoms with Crippen LogP contribution in [0, 0.1) is 0 Å². The molecule has 5 nitrogen and oxygen atoms in total. The fourth-order valence-corrected chi connectivity index (χ4v) is 5.16. The molecule has 26 heavy (non-hydrogen) atoms. The van der Waals surface area contributed by atoms with Gasteiger partial charge in [-0.3, -0.25) is 4.79 Å². The van der Waals surface area contributed by atoms with Crippen molar-refractivity contribution in [2.24, 2.45) is 0 Å². The largest absolute Gasteiger partial charge is 0.451 e. The number of halogens is 1. The van der Waals surface area contributed by atoms with Gasteiger partial charge in [0.2, 0.25) is 0 Å². The highest BCUT2D eigenvalue weighted by molar-refractivity contribution is 7.91. The molecule has 0 bridgehead atoms. The van der Waals surface area contributed by atoms with E-state index in [1.54, 1.807) is 23.1 Å². The van der Waals surface area contributed by atoms with Gasteiger partial charge in [-0.05, 0) is 37.1 Å². The second-order valence-electron chi connectivity index (χ2n) is 6.55. The highest BCUT2D eigenvalue weighted by Crippen LogP contribution is 2.30. The molecule has 0 radical (unpaired) electrons. The molecule has 1 aromatic carbocycles. The van der Waals surface area contributed by atoms with Crippen molar-refractivity contribution >= 4 is 27.3 Å². The van der Waals surface area contributed by atoms with Crippen LogP contribution in [0.25, 0.3) is 11.3 Å². The molecule has 1 saturated heterocycles. The van der Waals surface area contributed by atoms with Crippen molar-refractivity contribution in [3.63, 3.8) is 0 Å². The third kappa shape index (κ3) is 4.13. The molecular weight excluding hydrogens is 374 g/mol. The van der Waals surface area contributed by atoms with Crippen molar-refractivity contribution in [2.45, 2.75) is 32.2 Å². The van der Waals surface area contributed by atoms with Gasteiger partial charge in [-0.1, -0.05) is 37.1 Å². The Morgan fingerprint density at radius 1 is 1.27 bits per heavy atom. The van der Waals surface area contributed by atoms with Crippen molar-refractivity contribution in [3.8, 4) is 11.3 Å². The third-order valence-electron chi connectivity index (χ3n) is 4.62. The van der Waals surface area contributed by atoms with Crippen LogP contribution in [0.3, 0.4) is 0 Å². The first-order valence-electron chi connectivity index (χ1n) is 8.77. The minimum Gasteiger partial charge on any atom is -0.451 e. The van der Waals surface area contributed by atoms with E-state index in [-0.39, 0.29) is 29.2 Å². The van der Waals surface area contributed by atoms with E-state index in [1.165, 1.54) is 0 Å². The lowest BCUT2D eigenvalue weighted by Gasteiger charge is -2.27. The van der Waals surface area contributed by atoms with Gasteiger partial charge in [0.1, 0.15) is 5.76 Å². The highest BCUT2D eigenvalue weighted by Gasteiger charge is 2.35. The van der Waals surface area contributed by atoms with Crippen molar-refractivity contribution in [3.05, 3.63) is 47.2 Å². The lowest BCUT2D eigenvalue weighted by Crippen LogP contribution is -2.41. The zero-order valence-corrected chi connectivity index (χ0v) is 16.2. The van der Waals surface area contributed by atoms with E-state index in [9.17, 15) is 13.2 Å². The molecule has 7 heteroatoms. The minimum atomic E-state index is -3.07. The number of sulfone groups is 1. The summed E-state index contributed by atoms with van der Waals surface area (Å²) < 4.78 is 29.4. The van der Waals surface area contributed by atoms with Gasteiger partial charge in [0.15, 0.2) is 15.6 Å². The Bertz CT molecular complexity index is 890. The van der Waals surface area contributed by atoms with Crippen LogP contribution in [0.4, 0.5) is 0 Å². The van der Waals surface area contributed by atoms with Crippen LogP contribution in [0.2, 0.25) is 5.02 Å².